The van der Waals surface area contributed by atoms with Crippen LogP contribution in [0.3, 0.4) is 0 Å². The quantitative estimate of drug-likeness (QED) is 0.601. The standard InChI is InChI=1S/C18H18ClNO4/c1-22-16-9-12(10-17(23-2)18(16)24-3)15(21)7-8-20-14-6-4-5-13(19)11-14/h4-11,20H,1-3H3. The molecule has 0 aliphatic heterocycles. The molecule has 2 aromatic carbocycles. The van der Waals surface area contributed by atoms with Crippen molar-refractivity contribution in [2.75, 3.05) is 26.6 Å². The Morgan fingerprint density at radius 3 is 2.25 bits per heavy atom. The fourth-order valence-corrected chi connectivity index (χ4v) is 2.30. The molecular weight excluding hydrogens is 330 g/mol. The van der Waals surface area contributed by atoms with Crippen LogP contribution in [0.5, 0.6) is 17.2 Å². The Kier molecular flexibility index (Phi) is 6.09. The van der Waals surface area contributed by atoms with Gasteiger partial charge < -0.3 is 19.5 Å². The topological polar surface area (TPSA) is 56.8 Å². The summed E-state index contributed by atoms with van der Waals surface area (Å²) in [6, 6.07) is 10.4. The summed E-state index contributed by atoms with van der Waals surface area (Å²) in [5.41, 5.74) is 1.21. The Morgan fingerprint density at radius 2 is 1.71 bits per heavy atom. The number of carbonyl (C=O) groups excluding carboxylic acids is 1. The van der Waals surface area contributed by atoms with Gasteiger partial charge in [0, 0.05) is 28.5 Å². The number of hydrogen-bond donors (Lipinski definition) is 1. The molecule has 0 radical (unpaired) electrons. The van der Waals surface area contributed by atoms with Gasteiger partial charge in [-0.2, -0.15) is 0 Å². The van der Waals surface area contributed by atoms with E-state index in [1.807, 2.05) is 12.1 Å². The van der Waals surface area contributed by atoms with E-state index in [9.17, 15) is 4.79 Å². The second-order valence-corrected chi connectivity index (χ2v) is 5.20. The van der Waals surface area contributed by atoms with Crippen molar-refractivity contribution in [1.29, 1.82) is 0 Å². The van der Waals surface area contributed by atoms with E-state index in [4.69, 9.17) is 25.8 Å². The molecule has 0 unspecified atom stereocenters. The van der Waals surface area contributed by atoms with E-state index in [-0.39, 0.29) is 5.78 Å². The Balaban J connectivity index is 2.18. The lowest BCUT2D eigenvalue weighted by Crippen LogP contribution is -2.01. The highest BCUT2D eigenvalue weighted by atomic mass is 35.5. The number of anilines is 1. The van der Waals surface area contributed by atoms with Crippen molar-refractivity contribution in [3.8, 4) is 17.2 Å². The van der Waals surface area contributed by atoms with Crippen LogP contribution >= 0.6 is 11.6 Å². The first kappa shape index (κ1) is 17.7. The summed E-state index contributed by atoms with van der Waals surface area (Å²) < 4.78 is 15.7. The van der Waals surface area contributed by atoms with Crippen LogP contribution in [0, 0.1) is 0 Å². The van der Waals surface area contributed by atoms with Gasteiger partial charge in [0.15, 0.2) is 17.3 Å². The number of ether oxygens (including phenoxy) is 3. The van der Waals surface area contributed by atoms with E-state index >= 15 is 0 Å². The van der Waals surface area contributed by atoms with Crippen molar-refractivity contribution < 1.29 is 19.0 Å². The maximum absolute atomic E-state index is 12.3. The minimum atomic E-state index is -0.205. The fourth-order valence-electron chi connectivity index (χ4n) is 2.11. The molecule has 2 aromatic rings. The number of allylic oxidation sites excluding steroid dienone is 1. The van der Waals surface area contributed by atoms with Crippen molar-refractivity contribution in [2.24, 2.45) is 0 Å². The number of rotatable bonds is 7. The van der Waals surface area contributed by atoms with Crippen molar-refractivity contribution in [2.45, 2.75) is 0 Å². The lowest BCUT2D eigenvalue weighted by atomic mass is 10.1. The summed E-state index contributed by atoms with van der Waals surface area (Å²) in [7, 11) is 4.51. The second kappa shape index (κ2) is 8.26. The van der Waals surface area contributed by atoms with Gasteiger partial charge in [-0.15, -0.1) is 0 Å². The van der Waals surface area contributed by atoms with E-state index in [1.54, 1.807) is 30.5 Å². The molecule has 0 saturated heterocycles. The first-order valence-corrected chi connectivity index (χ1v) is 7.49. The van der Waals surface area contributed by atoms with Gasteiger partial charge in [0.2, 0.25) is 5.75 Å². The summed E-state index contributed by atoms with van der Waals surface area (Å²) in [5.74, 6) is 1.09. The van der Waals surface area contributed by atoms with Crippen LogP contribution in [0.15, 0.2) is 48.7 Å². The predicted octanol–water partition coefficient (Wildman–Crippen LogP) is 4.17. The fraction of sp³-hybridized carbons (Fsp3) is 0.167. The van der Waals surface area contributed by atoms with Crippen LogP contribution in [-0.4, -0.2) is 27.1 Å². The summed E-state index contributed by atoms with van der Waals surface area (Å²) in [5, 5.41) is 3.61. The van der Waals surface area contributed by atoms with Crippen LogP contribution in [-0.2, 0) is 0 Å². The maximum atomic E-state index is 12.3. The van der Waals surface area contributed by atoms with E-state index in [0.29, 0.717) is 27.8 Å². The number of halogens is 1. The van der Waals surface area contributed by atoms with Gasteiger partial charge in [-0.1, -0.05) is 17.7 Å². The van der Waals surface area contributed by atoms with Crippen LogP contribution in [0.25, 0.3) is 0 Å². The van der Waals surface area contributed by atoms with E-state index < -0.39 is 0 Å². The molecule has 0 fully saturated rings. The van der Waals surface area contributed by atoms with Crippen LogP contribution < -0.4 is 19.5 Å². The predicted molar refractivity (Wildman–Crippen MR) is 94.6 cm³/mol. The molecule has 0 aliphatic carbocycles. The summed E-state index contributed by atoms with van der Waals surface area (Å²) >= 11 is 5.91. The highest BCUT2D eigenvalue weighted by Gasteiger charge is 2.15. The van der Waals surface area contributed by atoms with Gasteiger partial charge in [0.1, 0.15) is 0 Å². The van der Waals surface area contributed by atoms with Gasteiger partial charge in [-0.3, -0.25) is 4.79 Å². The van der Waals surface area contributed by atoms with Gasteiger partial charge in [-0.05, 0) is 30.3 Å². The van der Waals surface area contributed by atoms with E-state index in [1.165, 1.54) is 27.4 Å². The molecular formula is C18H18ClNO4. The van der Waals surface area contributed by atoms with Crippen LogP contribution in [0.4, 0.5) is 5.69 Å². The molecule has 0 atom stereocenters. The highest BCUT2D eigenvalue weighted by Crippen LogP contribution is 2.38. The Labute approximate surface area is 145 Å². The number of ketones is 1. The zero-order chi connectivity index (χ0) is 17.5. The number of hydrogen-bond acceptors (Lipinski definition) is 5. The van der Waals surface area contributed by atoms with Crippen LogP contribution in [0.1, 0.15) is 10.4 Å². The van der Waals surface area contributed by atoms with Gasteiger partial charge >= 0.3 is 0 Å². The summed E-state index contributed by atoms with van der Waals surface area (Å²) in [6.45, 7) is 0. The lowest BCUT2D eigenvalue weighted by Gasteiger charge is -2.13. The molecule has 0 amide bonds. The molecule has 0 heterocycles. The largest absolute Gasteiger partial charge is 0.493 e. The average Bonchev–Trinajstić information content (AvgIpc) is 2.60. The van der Waals surface area contributed by atoms with Gasteiger partial charge in [0.05, 0.1) is 21.3 Å². The van der Waals surface area contributed by atoms with Crippen molar-refractivity contribution in [1.82, 2.24) is 0 Å². The Bertz CT molecular complexity index is 733. The monoisotopic (exact) mass is 347 g/mol. The molecule has 5 nitrogen and oxygen atoms in total. The molecule has 1 N–H and O–H groups in total. The molecule has 6 heteroatoms. The normalized spacial score (nSPS) is 10.5. The number of methoxy groups -OCH3 is 3. The summed E-state index contributed by atoms with van der Waals surface area (Å²) in [4.78, 5) is 12.3. The van der Waals surface area contributed by atoms with E-state index in [2.05, 4.69) is 5.32 Å². The van der Waals surface area contributed by atoms with Crippen molar-refractivity contribution >= 4 is 23.1 Å². The zero-order valence-corrected chi connectivity index (χ0v) is 14.4. The minimum Gasteiger partial charge on any atom is -0.493 e. The molecule has 126 valence electrons. The Hall–Kier alpha value is -2.66. The minimum absolute atomic E-state index is 0.205. The number of carbonyl (C=O) groups is 1. The molecule has 0 spiro atoms. The highest BCUT2D eigenvalue weighted by molar-refractivity contribution is 6.30. The van der Waals surface area contributed by atoms with E-state index in [0.717, 1.165) is 5.69 Å². The summed E-state index contributed by atoms with van der Waals surface area (Å²) in [6.07, 6.45) is 2.97. The number of nitrogens with one attached hydrogen (secondary N) is 1. The van der Waals surface area contributed by atoms with Crippen LogP contribution in [0.2, 0.25) is 5.02 Å². The second-order valence-electron chi connectivity index (χ2n) is 4.77. The molecule has 0 aromatic heterocycles. The van der Waals surface area contributed by atoms with Gasteiger partial charge in [-0.25, -0.2) is 0 Å². The third-order valence-corrected chi connectivity index (χ3v) is 3.49. The molecule has 0 saturated carbocycles. The smallest absolute Gasteiger partial charge is 0.203 e. The average molecular weight is 348 g/mol. The molecule has 24 heavy (non-hydrogen) atoms. The Morgan fingerprint density at radius 1 is 1.04 bits per heavy atom. The first-order chi connectivity index (χ1) is 11.6. The SMILES string of the molecule is COc1cc(C(=O)C=CNc2cccc(Cl)c2)cc(OC)c1OC. The maximum Gasteiger partial charge on any atom is 0.203 e. The van der Waals surface area contributed by atoms with Gasteiger partial charge in [0.25, 0.3) is 0 Å². The zero-order valence-electron chi connectivity index (χ0n) is 13.6. The van der Waals surface area contributed by atoms with Crippen molar-refractivity contribution in [3.05, 3.63) is 59.3 Å². The lowest BCUT2D eigenvalue weighted by molar-refractivity contribution is 0.104. The third kappa shape index (κ3) is 4.20. The van der Waals surface area contributed by atoms with Crippen molar-refractivity contribution in [3.63, 3.8) is 0 Å². The first-order valence-electron chi connectivity index (χ1n) is 7.12. The molecule has 0 bridgehead atoms. The molecule has 2 rings (SSSR count). The molecule has 0 aliphatic rings. The number of benzene rings is 2. The third-order valence-electron chi connectivity index (χ3n) is 3.26.